The molecule has 5 heterocycles. The van der Waals surface area contributed by atoms with Crippen molar-refractivity contribution >= 4 is 39.7 Å². The van der Waals surface area contributed by atoms with Gasteiger partial charge in [0.2, 0.25) is 11.8 Å². The Bertz CT molecular complexity index is 1510. The molecule has 216 valence electrons. The van der Waals surface area contributed by atoms with Crippen LogP contribution >= 0.6 is 0 Å². The Hall–Kier alpha value is -4.25. The van der Waals surface area contributed by atoms with Gasteiger partial charge in [-0.05, 0) is 45.1 Å². The molecule has 2 saturated heterocycles. The highest BCUT2D eigenvalue weighted by Gasteiger charge is 2.30. The molecule has 0 amide bonds. The highest BCUT2D eigenvalue weighted by molar-refractivity contribution is 5.81. The van der Waals surface area contributed by atoms with Crippen LogP contribution in [0.25, 0.3) is 11.0 Å². The van der Waals surface area contributed by atoms with Crippen LogP contribution in [0.3, 0.4) is 0 Å². The van der Waals surface area contributed by atoms with Crippen LogP contribution in [-0.4, -0.2) is 91.0 Å². The number of aryl methyl sites for hydroxylation is 1. The molecule has 0 aliphatic carbocycles. The lowest BCUT2D eigenvalue weighted by atomic mass is 10.0. The van der Waals surface area contributed by atoms with Crippen LogP contribution < -0.4 is 29.9 Å². The number of benzene rings is 1. The summed E-state index contributed by atoms with van der Waals surface area (Å²) in [6.07, 6.45) is 7.99. The zero-order chi connectivity index (χ0) is 28.5. The minimum atomic E-state index is 0.0468. The van der Waals surface area contributed by atoms with Gasteiger partial charge in [0.05, 0.1) is 49.1 Å². The van der Waals surface area contributed by atoms with E-state index in [0.717, 1.165) is 78.6 Å². The molecule has 0 saturated carbocycles. The molecule has 2 aliphatic heterocycles. The topological polar surface area (TPSA) is 95.8 Å². The molecule has 0 radical (unpaired) electrons. The first kappa shape index (κ1) is 26.9. The van der Waals surface area contributed by atoms with Crippen molar-refractivity contribution in [3.05, 3.63) is 48.9 Å². The van der Waals surface area contributed by atoms with Gasteiger partial charge in [-0.1, -0.05) is 0 Å². The first-order chi connectivity index (χ1) is 19.9. The van der Waals surface area contributed by atoms with Crippen molar-refractivity contribution in [3.8, 4) is 11.6 Å². The first-order valence-corrected chi connectivity index (χ1v) is 14.2. The Morgan fingerprint density at radius 3 is 2.54 bits per heavy atom. The lowest BCUT2D eigenvalue weighted by molar-refractivity contribution is 0.160. The molecule has 11 nitrogen and oxygen atoms in total. The van der Waals surface area contributed by atoms with Gasteiger partial charge in [-0.3, -0.25) is 0 Å². The number of hydrogen-bond acceptors (Lipinski definition) is 10. The summed E-state index contributed by atoms with van der Waals surface area (Å²) in [5.41, 5.74) is 5.05. The quantitative estimate of drug-likeness (QED) is 0.315. The number of hydrogen-bond donors (Lipinski definition) is 2. The Morgan fingerprint density at radius 2 is 1.80 bits per heavy atom. The largest absolute Gasteiger partial charge is 0.494 e. The Labute approximate surface area is 241 Å². The summed E-state index contributed by atoms with van der Waals surface area (Å²) in [5.74, 6) is 1.73. The number of nitrogens with one attached hydrogen (secondary N) is 2. The van der Waals surface area contributed by atoms with Crippen molar-refractivity contribution in [1.82, 2.24) is 24.4 Å². The van der Waals surface area contributed by atoms with Gasteiger partial charge in [0.1, 0.15) is 17.5 Å². The summed E-state index contributed by atoms with van der Waals surface area (Å²) >= 11 is 0. The summed E-state index contributed by atoms with van der Waals surface area (Å²) < 4.78 is 14.0. The molecule has 0 spiro atoms. The van der Waals surface area contributed by atoms with Gasteiger partial charge in [0, 0.05) is 63.1 Å². The van der Waals surface area contributed by atoms with Gasteiger partial charge in [-0.25, -0.2) is 9.97 Å². The van der Waals surface area contributed by atoms with Crippen LogP contribution in [-0.2, 0) is 7.05 Å². The smallest absolute Gasteiger partial charge is 0.230 e. The number of fused-ring (bicyclic) bond motifs is 1. The number of methoxy groups -OCH3 is 1. The highest BCUT2D eigenvalue weighted by Crippen LogP contribution is 2.39. The van der Waals surface area contributed by atoms with E-state index in [4.69, 9.17) is 9.47 Å². The number of aromatic nitrogens is 4. The van der Waals surface area contributed by atoms with E-state index in [2.05, 4.69) is 78.6 Å². The maximum atomic E-state index is 6.19. The molecule has 2 fully saturated rings. The summed E-state index contributed by atoms with van der Waals surface area (Å²) in [6, 6.07) is 10.8. The minimum Gasteiger partial charge on any atom is -0.494 e. The van der Waals surface area contributed by atoms with Crippen LogP contribution in [0.4, 0.5) is 28.7 Å². The third kappa shape index (κ3) is 5.54. The monoisotopic (exact) mass is 557 g/mol. The molecule has 0 bridgehead atoms. The molecule has 2 N–H and O–H groups in total. The number of anilines is 5. The van der Waals surface area contributed by atoms with E-state index in [-0.39, 0.29) is 6.10 Å². The normalized spacial score (nSPS) is 16.2. The zero-order valence-corrected chi connectivity index (χ0v) is 24.5. The third-order valence-corrected chi connectivity index (χ3v) is 8.19. The van der Waals surface area contributed by atoms with Gasteiger partial charge in [-0.15, -0.1) is 0 Å². The molecule has 2 aliphatic rings. The van der Waals surface area contributed by atoms with Crippen LogP contribution in [0.15, 0.2) is 48.9 Å². The van der Waals surface area contributed by atoms with E-state index in [1.165, 1.54) is 0 Å². The van der Waals surface area contributed by atoms with Crippen molar-refractivity contribution < 1.29 is 9.47 Å². The molecular weight excluding hydrogens is 518 g/mol. The molecule has 11 heteroatoms. The van der Waals surface area contributed by atoms with Gasteiger partial charge in [0.15, 0.2) is 0 Å². The number of pyridine rings is 1. The molecule has 41 heavy (non-hydrogen) atoms. The summed E-state index contributed by atoms with van der Waals surface area (Å²) in [4.78, 5) is 20.7. The van der Waals surface area contributed by atoms with E-state index in [1.807, 2.05) is 31.1 Å². The SMILES string of the molecule is CNc1cc(Nc2nccc(OC3CN(c4cnc5c(ccn5C)c4)C3)n2)c(OC)cc1N1CCC(N(C)C)CC1. The van der Waals surface area contributed by atoms with E-state index >= 15 is 0 Å². The van der Waals surface area contributed by atoms with Gasteiger partial charge in [-0.2, -0.15) is 4.98 Å². The Kier molecular flexibility index (Phi) is 7.44. The number of ether oxygens (including phenoxy) is 2. The average molecular weight is 558 g/mol. The van der Waals surface area contributed by atoms with E-state index in [9.17, 15) is 0 Å². The molecule has 6 rings (SSSR count). The van der Waals surface area contributed by atoms with E-state index < -0.39 is 0 Å². The molecular formula is C30H39N9O2. The van der Waals surface area contributed by atoms with Crippen molar-refractivity contribution in [2.75, 3.05) is 74.9 Å². The summed E-state index contributed by atoms with van der Waals surface area (Å²) in [5, 5.41) is 7.84. The molecule has 4 aromatic rings. The molecule has 0 unspecified atom stereocenters. The van der Waals surface area contributed by atoms with Crippen LogP contribution in [0.1, 0.15) is 12.8 Å². The predicted molar refractivity (Wildman–Crippen MR) is 164 cm³/mol. The number of piperidine rings is 1. The summed E-state index contributed by atoms with van der Waals surface area (Å²) in [7, 11) is 9.97. The fourth-order valence-electron chi connectivity index (χ4n) is 5.72. The van der Waals surface area contributed by atoms with Crippen LogP contribution in [0, 0.1) is 0 Å². The molecule has 1 aromatic carbocycles. The first-order valence-electron chi connectivity index (χ1n) is 14.2. The fraction of sp³-hybridized carbons (Fsp3) is 0.433. The number of nitrogens with zero attached hydrogens (tertiary/aromatic N) is 7. The fourth-order valence-corrected chi connectivity index (χ4v) is 5.72. The highest BCUT2D eigenvalue weighted by atomic mass is 16.5. The van der Waals surface area contributed by atoms with Crippen LogP contribution in [0.2, 0.25) is 0 Å². The predicted octanol–water partition coefficient (Wildman–Crippen LogP) is 3.96. The van der Waals surface area contributed by atoms with Crippen molar-refractivity contribution in [3.63, 3.8) is 0 Å². The zero-order valence-electron chi connectivity index (χ0n) is 24.5. The summed E-state index contributed by atoms with van der Waals surface area (Å²) in [6.45, 7) is 3.57. The van der Waals surface area contributed by atoms with Gasteiger partial charge < -0.3 is 39.4 Å². The Morgan fingerprint density at radius 1 is 1.00 bits per heavy atom. The van der Waals surface area contributed by atoms with Crippen molar-refractivity contribution in [2.24, 2.45) is 7.05 Å². The molecule has 3 aromatic heterocycles. The second-order valence-corrected chi connectivity index (χ2v) is 11.0. The standard InChI is InChI=1S/C30H39N9O2/c1-31-24-15-25(27(40-5)16-26(24)38-12-8-21(9-13-38)36(2)3)34-30-32-10-6-28(35-30)41-23-18-39(19-23)22-14-20-7-11-37(4)29(20)33-17-22/h6-7,10-11,14-17,21,23,31H,8-9,12-13,18-19H2,1-5H3,(H,32,34,35). The minimum absolute atomic E-state index is 0.0468. The lowest BCUT2D eigenvalue weighted by Gasteiger charge is -2.40. The second-order valence-electron chi connectivity index (χ2n) is 11.0. The van der Waals surface area contributed by atoms with Crippen molar-refractivity contribution in [1.29, 1.82) is 0 Å². The maximum absolute atomic E-state index is 6.19. The second kappa shape index (κ2) is 11.3. The van der Waals surface area contributed by atoms with Gasteiger partial charge in [0.25, 0.3) is 0 Å². The Balaban J connectivity index is 1.11. The lowest BCUT2D eigenvalue weighted by Crippen LogP contribution is -2.54. The number of rotatable bonds is 9. The van der Waals surface area contributed by atoms with E-state index in [1.54, 1.807) is 19.4 Å². The van der Waals surface area contributed by atoms with E-state index in [0.29, 0.717) is 17.9 Å². The average Bonchev–Trinajstić information content (AvgIpc) is 3.34. The van der Waals surface area contributed by atoms with Gasteiger partial charge >= 0.3 is 0 Å². The van der Waals surface area contributed by atoms with Crippen molar-refractivity contribution in [2.45, 2.75) is 25.0 Å². The third-order valence-electron chi connectivity index (χ3n) is 8.19. The van der Waals surface area contributed by atoms with Crippen LogP contribution in [0.5, 0.6) is 11.6 Å². The molecule has 0 atom stereocenters. The maximum Gasteiger partial charge on any atom is 0.230 e.